The Morgan fingerprint density at radius 2 is 1.81 bits per heavy atom. The Balaban J connectivity index is 1.70. The topological polar surface area (TPSA) is 90.6 Å². The fraction of sp³-hybridized carbons (Fsp3) is 0.217. The lowest BCUT2D eigenvalue weighted by Crippen LogP contribution is -2.18. The second-order valence-corrected chi connectivity index (χ2v) is 7.48. The van der Waals surface area contributed by atoms with Crippen molar-refractivity contribution in [1.82, 2.24) is 19.8 Å². The number of nitrogens with zero attached hydrogens (tertiary/aromatic N) is 4. The SMILES string of the molecule is CCOc1ccc(NC(=O)c2nnc3c(-c4ccc(Cl)cc4)c(COC)nn3c2C)cc1. The summed E-state index contributed by atoms with van der Waals surface area (Å²) in [6, 6.07) is 14.5. The molecule has 32 heavy (non-hydrogen) atoms. The number of fused-ring (bicyclic) bond motifs is 1. The summed E-state index contributed by atoms with van der Waals surface area (Å²) in [5, 5.41) is 16.7. The largest absolute Gasteiger partial charge is 0.494 e. The van der Waals surface area contributed by atoms with Crippen molar-refractivity contribution in [2.45, 2.75) is 20.5 Å². The van der Waals surface area contributed by atoms with E-state index in [9.17, 15) is 4.79 Å². The van der Waals surface area contributed by atoms with E-state index < -0.39 is 0 Å². The summed E-state index contributed by atoms with van der Waals surface area (Å²) in [4.78, 5) is 12.9. The molecule has 0 saturated heterocycles. The molecule has 0 bridgehead atoms. The number of carbonyl (C=O) groups excluding carboxylic acids is 1. The summed E-state index contributed by atoms with van der Waals surface area (Å²) in [6.07, 6.45) is 0. The zero-order valence-electron chi connectivity index (χ0n) is 17.9. The van der Waals surface area contributed by atoms with Gasteiger partial charge >= 0.3 is 0 Å². The van der Waals surface area contributed by atoms with Crippen LogP contribution in [0, 0.1) is 6.92 Å². The van der Waals surface area contributed by atoms with E-state index in [-0.39, 0.29) is 18.2 Å². The predicted octanol–water partition coefficient (Wildman–Crippen LogP) is 4.55. The molecular formula is C23H22ClN5O3. The maximum atomic E-state index is 12.9. The highest BCUT2D eigenvalue weighted by molar-refractivity contribution is 6.30. The van der Waals surface area contributed by atoms with Gasteiger partial charge < -0.3 is 14.8 Å². The van der Waals surface area contributed by atoms with E-state index in [4.69, 9.17) is 21.1 Å². The highest BCUT2D eigenvalue weighted by Crippen LogP contribution is 2.30. The summed E-state index contributed by atoms with van der Waals surface area (Å²) in [5.74, 6) is 0.359. The molecule has 0 radical (unpaired) electrons. The molecule has 1 amide bonds. The lowest BCUT2D eigenvalue weighted by molar-refractivity contribution is 0.102. The Bertz CT molecular complexity index is 1250. The summed E-state index contributed by atoms with van der Waals surface area (Å²) in [5.41, 5.74) is 4.28. The first kappa shape index (κ1) is 21.7. The molecule has 2 aromatic carbocycles. The molecule has 8 nitrogen and oxygen atoms in total. The third-order valence-electron chi connectivity index (χ3n) is 4.89. The maximum Gasteiger partial charge on any atom is 0.278 e. The second-order valence-electron chi connectivity index (χ2n) is 7.04. The van der Waals surface area contributed by atoms with Crippen molar-refractivity contribution in [3.8, 4) is 16.9 Å². The maximum absolute atomic E-state index is 12.9. The van der Waals surface area contributed by atoms with Crippen molar-refractivity contribution in [2.24, 2.45) is 0 Å². The normalized spacial score (nSPS) is 11.0. The van der Waals surface area contributed by atoms with Crippen molar-refractivity contribution in [3.63, 3.8) is 0 Å². The molecule has 0 atom stereocenters. The van der Waals surface area contributed by atoms with Crippen LogP contribution in [0.4, 0.5) is 5.69 Å². The van der Waals surface area contributed by atoms with Gasteiger partial charge in [0, 0.05) is 17.8 Å². The first-order valence-electron chi connectivity index (χ1n) is 10.1. The van der Waals surface area contributed by atoms with Gasteiger partial charge in [-0.1, -0.05) is 23.7 Å². The van der Waals surface area contributed by atoms with E-state index in [1.807, 2.05) is 19.1 Å². The number of benzene rings is 2. The Morgan fingerprint density at radius 3 is 2.47 bits per heavy atom. The van der Waals surface area contributed by atoms with Crippen molar-refractivity contribution in [1.29, 1.82) is 0 Å². The number of aromatic nitrogens is 4. The molecule has 1 N–H and O–H groups in total. The predicted molar refractivity (Wildman–Crippen MR) is 122 cm³/mol. The third kappa shape index (κ3) is 4.28. The van der Waals surface area contributed by atoms with Crippen molar-refractivity contribution >= 4 is 28.8 Å². The lowest BCUT2D eigenvalue weighted by atomic mass is 10.1. The quantitative estimate of drug-likeness (QED) is 0.443. The fourth-order valence-electron chi connectivity index (χ4n) is 3.40. The smallest absolute Gasteiger partial charge is 0.278 e. The van der Waals surface area contributed by atoms with Crippen LogP contribution < -0.4 is 10.1 Å². The minimum Gasteiger partial charge on any atom is -0.494 e. The van der Waals surface area contributed by atoms with Crippen molar-refractivity contribution in [2.75, 3.05) is 19.0 Å². The number of aryl methyl sites for hydroxylation is 1. The number of anilines is 1. The van der Waals surface area contributed by atoms with Crippen LogP contribution in [0.1, 0.15) is 28.8 Å². The highest BCUT2D eigenvalue weighted by Gasteiger charge is 2.22. The Hall–Kier alpha value is -3.49. The van der Waals surface area contributed by atoms with Gasteiger partial charge in [-0.2, -0.15) is 5.10 Å². The molecule has 0 aliphatic carbocycles. The minimum atomic E-state index is -0.377. The van der Waals surface area contributed by atoms with Gasteiger partial charge in [-0.15, -0.1) is 10.2 Å². The fourth-order valence-corrected chi connectivity index (χ4v) is 3.53. The van der Waals surface area contributed by atoms with E-state index in [0.717, 1.165) is 16.9 Å². The van der Waals surface area contributed by atoms with Gasteiger partial charge in [0.05, 0.1) is 30.2 Å². The number of hydrogen-bond acceptors (Lipinski definition) is 6. The van der Waals surface area contributed by atoms with Crippen LogP contribution in [0.15, 0.2) is 48.5 Å². The molecule has 2 heterocycles. The van der Waals surface area contributed by atoms with E-state index in [2.05, 4.69) is 20.6 Å². The van der Waals surface area contributed by atoms with Crippen LogP contribution >= 0.6 is 11.6 Å². The number of rotatable bonds is 7. The Morgan fingerprint density at radius 1 is 1.09 bits per heavy atom. The number of methoxy groups -OCH3 is 1. The molecular weight excluding hydrogens is 430 g/mol. The summed E-state index contributed by atoms with van der Waals surface area (Å²) >= 11 is 6.04. The van der Waals surface area contributed by atoms with Crippen LogP contribution in [-0.2, 0) is 11.3 Å². The van der Waals surface area contributed by atoms with Gasteiger partial charge in [0.1, 0.15) is 5.75 Å². The minimum absolute atomic E-state index is 0.181. The zero-order valence-corrected chi connectivity index (χ0v) is 18.7. The van der Waals surface area contributed by atoms with Gasteiger partial charge in [-0.3, -0.25) is 4.79 Å². The average Bonchev–Trinajstić information content (AvgIpc) is 3.15. The molecule has 9 heteroatoms. The molecule has 4 aromatic rings. The van der Waals surface area contributed by atoms with Crippen LogP contribution in [-0.4, -0.2) is 39.4 Å². The molecule has 0 spiro atoms. The molecule has 0 aliphatic heterocycles. The molecule has 0 saturated carbocycles. The third-order valence-corrected chi connectivity index (χ3v) is 5.14. The molecule has 0 unspecified atom stereocenters. The molecule has 4 rings (SSSR count). The number of nitrogens with one attached hydrogen (secondary N) is 1. The standard InChI is InChI=1S/C23H22ClN5O3/c1-4-32-18-11-9-17(10-12-18)25-23(30)21-14(2)29-22(27-26-21)20(19(28-29)13-31-3)15-5-7-16(24)8-6-15/h5-12H,4,13H2,1-3H3,(H,25,30). The van der Waals surface area contributed by atoms with E-state index in [1.54, 1.807) is 54.9 Å². The first-order chi connectivity index (χ1) is 15.5. The van der Waals surface area contributed by atoms with Gasteiger partial charge in [-0.25, -0.2) is 4.52 Å². The van der Waals surface area contributed by atoms with E-state index >= 15 is 0 Å². The molecule has 0 fully saturated rings. The van der Waals surface area contributed by atoms with Crippen LogP contribution in [0.3, 0.4) is 0 Å². The van der Waals surface area contributed by atoms with Gasteiger partial charge in [-0.05, 0) is 55.8 Å². The number of halogens is 1. The van der Waals surface area contributed by atoms with E-state index in [0.29, 0.717) is 34.4 Å². The second kappa shape index (κ2) is 9.33. The first-order valence-corrected chi connectivity index (χ1v) is 10.4. The Labute approximate surface area is 190 Å². The number of carbonyl (C=O) groups is 1. The summed E-state index contributed by atoms with van der Waals surface area (Å²) < 4.78 is 12.4. The molecule has 0 aliphatic rings. The van der Waals surface area contributed by atoms with Gasteiger partial charge in [0.2, 0.25) is 0 Å². The van der Waals surface area contributed by atoms with Gasteiger partial charge in [0.15, 0.2) is 11.3 Å². The molecule has 164 valence electrons. The lowest BCUT2D eigenvalue weighted by Gasteiger charge is -2.09. The van der Waals surface area contributed by atoms with Gasteiger partial charge in [0.25, 0.3) is 5.91 Å². The van der Waals surface area contributed by atoms with E-state index in [1.165, 1.54) is 0 Å². The number of ether oxygens (including phenoxy) is 2. The zero-order chi connectivity index (χ0) is 22.7. The Kier molecular flexibility index (Phi) is 6.34. The summed E-state index contributed by atoms with van der Waals surface area (Å²) in [7, 11) is 1.60. The highest BCUT2D eigenvalue weighted by atomic mass is 35.5. The molecule has 2 aromatic heterocycles. The van der Waals surface area contributed by atoms with Crippen molar-refractivity contribution < 1.29 is 14.3 Å². The number of hydrogen-bond donors (Lipinski definition) is 1. The van der Waals surface area contributed by atoms with Crippen LogP contribution in [0.2, 0.25) is 5.02 Å². The van der Waals surface area contributed by atoms with Crippen LogP contribution in [0.5, 0.6) is 5.75 Å². The average molecular weight is 452 g/mol. The summed E-state index contributed by atoms with van der Waals surface area (Å²) in [6.45, 7) is 4.56. The van der Waals surface area contributed by atoms with Crippen LogP contribution in [0.25, 0.3) is 16.8 Å². The van der Waals surface area contributed by atoms with Crippen molar-refractivity contribution in [3.05, 3.63) is 70.6 Å². The monoisotopic (exact) mass is 451 g/mol. The number of amides is 1.